The molecule has 1 heterocycles. The van der Waals surface area contributed by atoms with Gasteiger partial charge < -0.3 is 24.8 Å². The van der Waals surface area contributed by atoms with Crippen molar-refractivity contribution >= 4 is 29.9 Å². The zero-order valence-corrected chi connectivity index (χ0v) is 17.0. The molecule has 24 heavy (non-hydrogen) atoms. The molecule has 0 amide bonds. The summed E-state index contributed by atoms with van der Waals surface area (Å²) < 4.78 is 15.9. The molecule has 0 aliphatic heterocycles. The fraction of sp³-hybridized carbons (Fsp3) is 0.625. The number of ether oxygens (including phenoxy) is 3. The lowest BCUT2D eigenvalue weighted by Gasteiger charge is -2.12. The maximum absolute atomic E-state index is 5.62. The second kappa shape index (κ2) is 15.4. The highest BCUT2D eigenvalue weighted by molar-refractivity contribution is 14.0. The van der Waals surface area contributed by atoms with E-state index in [0.29, 0.717) is 45.4 Å². The summed E-state index contributed by atoms with van der Waals surface area (Å²) in [5.74, 6) is 1.34. The van der Waals surface area contributed by atoms with Gasteiger partial charge in [0.05, 0.1) is 19.8 Å². The number of pyridine rings is 1. The van der Waals surface area contributed by atoms with E-state index >= 15 is 0 Å². The van der Waals surface area contributed by atoms with Crippen molar-refractivity contribution in [2.24, 2.45) is 4.99 Å². The van der Waals surface area contributed by atoms with Gasteiger partial charge in [-0.15, -0.1) is 24.0 Å². The Hall–Kier alpha value is -1.13. The molecule has 8 heteroatoms. The van der Waals surface area contributed by atoms with Crippen LogP contribution in [0, 0.1) is 0 Å². The number of guanidine groups is 1. The van der Waals surface area contributed by atoms with Crippen LogP contribution in [0.1, 0.15) is 19.4 Å². The predicted molar refractivity (Wildman–Crippen MR) is 106 cm³/mol. The van der Waals surface area contributed by atoms with Gasteiger partial charge in [0.1, 0.15) is 6.61 Å². The molecule has 138 valence electrons. The van der Waals surface area contributed by atoms with Crippen LogP contribution in [-0.4, -0.2) is 57.6 Å². The van der Waals surface area contributed by atoms with Crippen molar-refractivity contribution in [1.82, 2.24) is 15.6 Å². The Morgan fingerprint density at radius 1 is 1.21 bits per heavy atom. The second-order valence-electron chi connectivity index (χ2n) is 4.63. The van der Waals surface area contributed by atoms with Crippen molar-refractivity contribution in [3.05, 3.63) is 23.9 Å². The van der Waals surface area contributed by atoms with Gasteiger partial charge in [-0.25, -0.2) is 9.98 Å². The summed E-state index contributed by atoms with van der Waals surface area (Å²) in [7, 11) is 1.64. The van der Waals surface area contributed by atoms with E-state index in [2.05, 4.69) is 20.6 Å². The lowest BCUT2D eigenvalue weighted by molar-refractivity contribution is 0.143. The van der Waals surface area contributed by atoms with Crippen molar-refractivity contribution in [3.63, 3.8) is 0 Å². The molecule has 0 spiro atoms. The van der Waals surface area contributed by atoms with Gasteiger partial charge in [0.2, 0.25) is 5.88 Å². The van der Waals surface area contributed by atoms with Crippen LogP contribution in [0.15, 0.2) is 23.3 Å². The van der Waals surface area contributed by atoms with Gasteiger partial charge in [-0.2, -0.15) is 0 Å². The lowest BCUT2D eigenvalue weighted by Crippen LogP contribution is -2.39. The van der Waals surface area contributed by atoms with Crippen LogP contribution in [0.2, 0.25) is 0 Å². The summed E-state index contributed by atoms with van der Waals surface area (Å²) in [5, 5.41) is 6.43. The highest BCUT2D eigenvalue weighted by Crippen LogP contribution is 2.15. The van der Waals surface area contributed by atoms with Crippen molar-refractivity contribution < 1.29 is 14.2 Å². The Labute approximate surface area is 161 Å². The lowest BCUT2D eigenvalue weighted by atomic mass is 10.3. The van der Waals surface area contributed by atoms with Gasteiger partial charge in [-0.3, -0.25) is 0 Å². The minimum Gasteiger partial charge on any atom is -0.475 e. The number of halogens is 1. The zero-order valence-electron chi connectivity index (χ0n) is 14.7. The smallest absolute Gasteiger partial charge is 0.218 e. The first-order valence-corrected chi connectivity index (χ1v) is 7.97. The van der Waals surface area contributed by atoms with Crippen LogP contribution in [0.25, 0.3) is 0 Å². The van der Waals surface area contributed by atoms with E-state index in [4.69, 9.17) is 14.2 Å². The Bertz CT molecular complexity index is 461. The van der Waals surface area contributed by atoms with Gasteiger partial charge in [-0.1, -0.05) is 6.07 Å². The van der Waals surface area contributed by atoms with Crippen LogP contribution in [0.5, 0.6) is 5.88 Å². The third-order valence-corrected chi connectivity index (χ3v) is 2.87. The molecule has 0 radical (unpaired) electrons. The van der Waals surface area contributed by atoms with E-state index in [1.807, 2.05) is 26.0 Å². The zero-order chi connectivity index (χ0) is 16.8. The van der Waals surface area contributed by atoms with E-state index in [-0.39, 0.29) is 24.0 Å². The maximum atomic E-state index is 5.62. The van der Waals surface area contributed by atoms with Crippen molar-refractivity contribution in [1.29, 1.82) is 0 Å². The quantitative estimate of drug-likeness (QED) is 0.231. The monoisotopic (exact) mass is 452 g/mol. The van der Waals surface area contributed by atoms with Crippen LogP contribution in [-0.2, 0) is 16.0 Å². The van der Waals surface area contributed by atoms with Crippen LogP contribution >= 0.6 is 24.0 Å². The molecular formula is C16H29IN4O3. The topological polar surface area (TPSA) is 77.0 Å². The van der Waals surface area contributed by atoms with Gasteiger partial charge in [0.15, 0.2) is 5.96 Å². The summed E-state index contributed by atoms with van der Waals surface area (Å²) in [6.45, 7) is 8.37. The first-order chi connectivity index (χ1) is 11.3. The first-order valence-electron chi connectivity index (χ1n) is 7.97. The fourth-order valence-electron chi connectivity index (χ4n) is 1.79. The highest BCUT2D eigenvalue weighted by atomic mass is 127. The molecular weight excluding hydrogens is 423 g/mol. The Balaban J connectivity index is 0.00000529. The predicted octanol–water partition coefficient (Wildman–Crippen LogP) is 1.82. The summed E-state index contributed by atoms with van der Waals surface area (Å²) in [5.41, 5.74) is 0.936. The molecule has 0 saturated heterocycles. The molecule has 1 aromatic rings. The number of hydrogen-bond donors (Lipinski definition) is 2. The Morgan fingerprint density at radius 3 is 2.75 bits per heavy atom. The molecule has 7 nitrogen and oxygen atoms in total. The summed E-state index contributed by atoms with van der Waals surface area (Å²) in [6.07, 6.45) is 1.71. The number of nitrogens with one attached hydrogen (secondary N) is 2. The highest BCUT2D eigenvalue weighted by Gasteiger charge is 2.05. The SMILES string of the molecule is CCNC(=NCc1cccnc1OCCOC)NCCOCC.I. The number of rotatable bonds is 11. The average Bonchev–Trinajstić information content (AvgIpc) is 2.57. The van der Waals surface area contributed by atoms with Gasteiger partial charge >= 0.3 is 0 Å². The van der Waals surface area contributed by atoms with Crippen molar-refractivity contribution in [2.75, 3.05) is 46.6 Å². The number of hydrogen-bond acceptors (Lipinski definition) is 5. The van der Waals surface area contributed by atoms with Crippen LogP contribution in [0.3, 0.4) is 0 Å². The van der Waals surface area contributed by atoms with E-state index in [1.54, 1.807) is 13.3 Å². The third kappa shape index (κ3) is 9.89. The first kappa shape index (κ1) is 22.9. The molecule has 0 bridgehead atoms. The van der Waals surface area contributed by atoms with Crippen LogP contribution < -0.4 is 15.4 Å². The molecule has 0 atom stereocenters. The number of aromatic nitrogens is 1. The Kier molecular flexibility index (Phi) is 14.7. The molecule has 0 unspecified atom stereocenters. The standard InChI is InChI=1S/C16H28N4O3.HI/c1-4-17-16(19-9-10-22-5-2)20-13-14-7-6-8-18-15(14)23-12-11-21-3;/h6-8H,4-5,9-13H2,1-3H3,(H2,17,19,20);1H. The fourth-order valence-corrected chi connectivity index (χ4v) is 1.79. The number of nitrogens with zero attached hydrogens (tertiary/aromatic N) is 2. The van der Waals surface area contributed by atoms with Gasteiger partial charge in [0, 0.05) is 38.6 Å². The van der Waals surface area contributed by atoms with Crippen LogP contribution in [0.4, 0.5) is 0 Å². The number of methoxy groups -OCH3 is 1. The molecule has 0 aliphatic rings. The van der Waals surface area contributed by atoms with Crippen molar-refractivity contribution in [3.8, 4) is 5.88 Å². The number of aliphatic imine (C=N–C) groups is 1. The molecule has 2 N–H and O–H groups in total. The molecule has 1 rings (SSSR count). The molecule has 0 saturated carbocycles. The summed E-state index contributed by atoms with van der Waals surface area (Å²) in [6, 6.07) is 3.84. The van der Waals surface area contributed by atoms with Crippen molar-refractivity contribution in [2.45, 2.75) is 20.4 Å². The maximum Gasteiger partial charge on any atom is 0.218 e. The largest absolute Gasteiger partial charge is 0.475 e. The minimum atomic E-state index is 0. The van der Waals surface area contributed by atoms with E-state index in [9.17, 15) is 0 Å². The summed E-state index contributed by atoms with van der Waals surface area (Å²) in [4.78, 5) is 8.81. The van der Waals surface area contributed by atoms with E-state index in [1.165, 1.54) is 0 Å². The van der Waals surface area contributed by atoms with Gasteiger partial charge in [0.25, 0.3) is 0 Å². The normalized spacial score (nSPS) is 10.9. The molecule has 0 aromatic carbocycles. The third-order valence-electron chi connectivity index (χ3n) is 2.87. The minimum absolute atomic E-state index is 0. The van der Waals surface area contributed by atoms with Gasteiger partial charge in [-0.05, 0) is 19.9 Å². The molecule has 0 fully saturated rings. The second-order valence-corrected chi connectivity index (χ2v) is 4.63. The Morgan fingerprint density at radius 2 is 2.04 bits per heavy atom. The molecule has 1 aromatic heterocycles. The summed E-state index contributed by atoms with van der Waals surface area (Å²) >= 11 is 0. The molecule has 0 aliphatic carbocycles. The van der Waals surface area contributed by atoms with E-state index in [0.717, 1.165) is 18.1 Å². The van der Waals surface area contributed by atoms with E-state index < -0.39 is 0 Å². The average molecular weight is 452 g/mol.